The molecule has 1 aliphatic carbocycles. The minimum Gasteiger partial charge on any atom is -0.507 e. The van der Waals surface area contributed by atoms with Crippen LogP contribution in [0.25, 0.3) is 0 Å². The van der Waals surface area contributed by atoms with E-state index in [0.717, 1.165) is 30.6 Å². The Morgan fingerprint density at radius 1 is 0.944 bits per heavy atom. The SMILES string of the molecule is CC(C)(C)c1cc(S[C@@H]2CCCC[C@H]2SCC(=O)N2CCc3ccccc3C2)cc(C(C)(C)C)c1O. The Bertz CT molecular complexity index is 1050. The van der Waals surface area contributed by atoms with Gasteiger partial charge in [0.25, 0.3) is 0 Å². The molecule has 36 heavy (non-hydrogen) atoms. The molecule has 3 nitrogen and oxygen atoms in total. The Morgan fingerprint density at radius 3 is 2.14 bits per heavy atom. The van der Waals surface area contributed by atoms with Crippen molar-refractivity contribution in [1.82, 2.24) is 4.90 Å². The number of aromatic hydroxyl groups is 1. The minimum absolute atomic E-state index is 0.124. The van der Waals surface area contributed by atoms with E-state index in [2.05, 4.69) is 77.9 Å². The van der Waals surface area contributed by atoms with Gasteiger partial charge in [0.2, 0.25) is 5.91 Å². The highest BCUT2D eigenvalue weighted by atomic mass is 32.2. The van der Waals surface area contributed by atoms with Crippen LogP contribution in [0.15, 0.2) is 41.3 Å². The number of amides is 1. The summed E-state index contributed by atoms with van der Waals surface area (Å²) in [7, 11) is 0. The van der Waals surface area contributed by atoms with Crippen LogP contribution in [0.5, 0.6) is 5.75 Å². The van der Waals surface area contributed by atoms with Crippen LogP contribution in [-0.4, -0.2) is 38.7 Å². The van der Waals surface area contributed by atoms with Crippen LogP contribution in [0.2, 0.25) is 0 Å². The van der Waals surface area contributed by atoms with Crippen molar-refractivity contribution < 1.29 is 9.90 Å². The van der Waals surface area contributed by atoms with Crippen molar-refractivity contribution in [3.63, 3.8) is 0 Å². The molecule has 0 aromatic heterocycles. The van der Waals surface area contributed by atoms with Gasteiger partial charge in [-0.2, -0.15) is 0 Å². The van der Waals surface area contributed by atoms with Crippen molar-refractivity contribution >= 4 is 29.4 Å². The summed E-state index contributed by atoms with van der Waals surface area (Å²) in [5.41, 5.74) is 4.48. The smallest absolute Gasteiger partial charge is 0.232 e. The van der Waals surface area contributed by atoms with Crippen molar-refractivity contribution in [2.45, 2.75) is 106 Å². The zero-order chi connectivity index (χ0) is 26.1. The Kier molecular flexibility index (Phi) is 8.41. The van der Waals surface area contributed by atoms with Crippen LogP contribution in [0.3, 0.4) is 0 Å². The highest BCUT2D eigenvalue weighted by molar-refractivity contribution is 8.04. The standard InChI is InChI=1S/C31H43NO2S2/c1-30(2,3)24-17-23(18-25(29(24)34)31(4,5)6)36-27-14-10-9-13-26(27)35-20-28(33)32-16-15-21-11-7-8-12-22(21)19-32/h7-8,11-12,17-18,26-27,34H,9-10,13-16,19-20H2,1-6H3/t26-,27-/m1/s1. The molecular weight excluding hydrogens is 482 g/mol. The summed E-state index contributed by atoms with van der Waals surface area (Å²) < 4.78 is 0. The number of carbonyl (C=O) groups is 1. The molecular formula is C31H43NO2S2. The van der Waals surface area contributed by atoms with Crippen LogP contribution >= 0.6 is 23.5 Å². The van der Waals surface area contributed by atoms with Crippen molar-refractivity contribution in [2.24, 2.45) is 0 Å². The Morgan fingerprint density at radius 2 is 1.53 bits per heavy atom. The molecule has 0 spiro atoms. The Hall–Kier alpha value is -1.59. The predicted molar refractivity (Wildman–Crippen MR) is 155 cm³/mol. The van der Waals surface area contributed by atoms with Gasteiger partial charge < -0.3 is 10.0 Å². The zero-order valence-electron chi connectivity index (χ0n) is 22.9. The molecule has 1 amide bonds. The number of phenolic OH excluding ortho intramolecular Hbond substituents is 1. The Balaban J connectivity index is 1.45. The third-order valence-electron chi connectivity index (χ3n) is 7.53. The number of benzene rings is 2. The summed E-state index contributed by atoms with van der Waals surface area (Å²) in [5, 5.41) is 12.1. The predicted octanol–water partition coefficient (Wildman–Crippen LogP) is 7.71. The number of rotatable bonds is 5. The molecule has 2 atom stereocenters. The second kappa shape index (κ2) is 11.0. The molecule has 1 aliphatic heterocycles. The molecule has 1 N–H and O–H groups in total. The second-order valence-electron chi connectivity index (χ2n) is 12.5. The summed E-state index contributed by atoms with van der Waals surface area (Å²) in [6.45, 7) is 14.6. The van der Waals surface area contributed by atoms with E-state index in [1.54, 1.807) is 0 Å². The number of nitrogens with zero attached hydrogens (tertiary/aromatic N) is 1. The van der Waals surface area contributed by atoms with E-state index < -0.39 is 0 Å². The number of carbonyl (C=O) groups excluding carboxylic acids is 1. The average Bonchev–Trinajstić information content (AvgIpc) is 2.82. The maximum absolute atomic E-state index is 13.1. The van der Waals surface area contributed by atoms with Crippen LogP contribution in [0.4, 0.5) is 0 Å². The second-order valence-corrected chi connectivity index (χ2v) is 15.0. The van der Waals surface area contributed by atoms with Crippen molar-refractivity contribution in [1.29, 1.82) is 0 Å². The number of fused-ring (bicyclic) bond motifs is 1. The normalized spacial score (nSPS) is 20.8. The highest BCUT2D eigenvalue weighted by Crippen LogP contribution is 2.45. The van der Waals surface area contributed by atoms with Gasteiger partial charge in [-0.3, -0.25) is 4.79 Å². The molecule has 5 heteroatoms. The fourth-order valence-corrected chi connectivity index (χ4v) is 8.28. The van der Waals surface area contributed by atoms with Gasteiger partial charge in [0, 0.05) is 39.6 Å². The number of phenols is 1. The lowest BCUT2D eigenvalue weighted by molar-refractivity contribution is -0.129. The van der Waals surface area contributed by atoms with Gasteiger partial charge in [0.05, 0.1) is 5.75 Å². The molecule has 2 aliphatic rings. The van der Waals surface area contributed by atoms with E-state index in [1.807, 2.05) is 28.4 Å². The van der Waals surface area contributed by atoms with E-state index in [9.17, 15) is 9.90 Å². The number of thioether (sulfide) groups is 2. The monoisotopic (exact) mass is 525 g/mol. The molecule has 2 aromatic carbocycles. The van der Waals surface area contributed by atoms with E-state index in [0.29, 0.717) is 22.0 Å². The maximum Gasteiger partial charge on any atom is 0.232 e. The van der Waals surface area contributed by atoms with Gasteiger partial charge in [0.15, 0.2) is 0 Å². The van der Waals surface area contributed by atoms with E-state index in [-0.39, 0.29) is 16.7 Å². The average molecular weight is 526 g/mol. The maximum atomic E-state index is 13.1. The van der Waals surface area contributed by atoms with Crippen LogP contribution in [-0.2, 0) is 28.6 Å². The zero-order valence-corrected chi connectivity index (χ0v) is 24.5. The van der Waals surface area contributed by atoms with E-state index in [1.165, 1.54) is 41.7 Å². The largest absolute Gasteiger partial charge is 0.507 e. The Labute approximate surface area is 226 Å². The summed E-state index contributed by atoms with van der Waals surface area (Å²) in [5.74, 6) is 1.29. The summed E-state index contributed by atoms with van der Waals surface area (Å²) in [6.07, 6.45) is 5.82. The molecule has 1 saturated carbocycles. The molecule has 0 saturated heterocycles. The molecule has 196 valence electrons. The van der Waals surface area contributed by atoms with Crippen molar-refractivity contribution in [3.8, 4) is 5.75 Å². The molecule has 1 fully saturated rings. The highest BCUT2D eigenvalue weighted by Gasteiger charge is 2.31. The molecule has 0 unspecified atom stereocenters. The summed E-state index contributed by atoms with van der Waals surface area (Å²) >= 11 is 3.83. The molecule has 2 aromatic rings. The van der Waals surface area contributed by atoms with E-state index in [4.69, 9.17) is 0 Å². The summed E-state index contributed by atoms with van der Waals surface area (Å²) in [6, 6.07) is 12.9. The van der Waals surface area contributed by atoms with Gasteiger partial charge in [-0.15, -0.1) is 23.5 Å². The van der Waals surface area contributed by atoms with Gasteiger partial charge in [-0.1, -0.05) is 78.6 Å². The van der Waals surface area contributed by atoms with Gasteiger partial charge in [-0.05, 0) is 53.4 Å². The van der Waals surface area contributed by atoms with Crippen LogP contribution in [0.1, 0.15) is 89.5 Å². The van der Waals surface area contributed by atoms with Gasteiger partial charge in [-0.25, -0.2) is 0 Å². The quantitative estimate of drug-likeness (QED) is 0.434. The van der Waals surface area contributed by atoms with Gasteiger partial charge >= 0.3 is 0 Å². The number of hydrogen-bond donors (Lipinski definition) is 1. The first-order valence-corrected chi connectivity index (χ1v) is 15.4. The minimum atomic E-state index is -0.124. The van der Waals surface area contributed by atoms with E-state index >= 15 is 0 Å². The first kappa shape index (κ1) is 27.4. The lowest BCUT2D eigenvalue weighted by Crippen LogP contribution is -2.38. The first-order chi connectivity index (χ1) is 16.9. The fourth-order valence-electron chi connectivity index (χ4n) is 5.36. The molecule has 0 bridgehead atoms. The lowest BCUT2D eigenvalue weighted by Gasteiger charge is -2.33. The third-order valence-corrected chi connectivity index (χ3v) is 10.5. The number of hydrogen-bond acceptors (Lipinski definition) is 4. The fraction of sp³-hybridized carbons (Fsp3) is 0.581. The molecule has 0 radical (unpaired) electrons. The third kappa shape index (κ3) is 6.45. The van der Waals surface area contributed by atoms with Gasteiger partial charge in [0.1, 0.15) is 5.75 Å². The van der Waals surface area contributed by atoms with Crippen molar-refractivity contribution in [2.75, 3.05) is 12.3 Å². The summed E-state index contributed by atoms with van der Waals surface area (Å²) in [4.78, 5) is 16.4. The van der Waals surface area contributed by atoms with Crippen LogP contribution in [0, 0.1) is 0 Å². The molecule has 4 rings (SSSR count). The topological polar surface area (TPSA) is 40.5 Å². The lowest BCUT2D eigenvalue weighted by atomic mass is 9.79. The first-order valence-electron chi connectivity index (χ1n) is 13.4. The van der Waals surface area contributed by atoms with Crippen molar-refractivity contribution in [3.05, 3.63) is 58.7 Å². The molecule has 1 heterocycles. The van der Waals surface area contributed by atoms with Crippen LogP contribution < -0.4 is 0 Å².